The third-order valence-corrected chi connectivity index (χ3v) is 7.94. The number of carbonyl (C=O) groups is 1. The van der Waals surface area contributed by atoms with Crippen LogP contribution in [0.25, 0.3) is 10.8 Å². The number of amides is 1. The number of hydrogen-bond acceptors (Lipinski definition) is 5. The second-order valence-electron chi connectivity index (χ2n) is 10.9. The van der Waals surface area contributed by atoms with Crippen LogP contribution in [0.4, 0.5) is 10.1 Å². The minimum atomic E-state index is -0.680. The van der Waals surface area contributed by atoms with Crippen molar-refractivity contribution in [2.24, 2.45) is 0 Å². The van der Waals surface area contributed by atoms with Gasteiger partial charge in [-0.2, -0.15) is 0 Å². The van der Waals surface area contributed by atoms with Crippen molar-refractivity contribution in [2.75, 3.05) is 51.8 Å². The van der Waals surface area contributed by atoms with Gasteiger partial charge in [-0.3, -0.25) is 9.69 Å². The van der Waals surface area contributed by atoms with Crippen LogP contribution in [-0.2, 0) is 11.3 Å². The Morgan fingerprint density at radius 3 is 2.38 bits per heavy atom. The number of piperidine rings is 1. The number of likely N-dealkylation sites (N-methyl/N-ethyl adjacent to an activating group) is 1. The minimum Gasteiger partial charge on any atom is -0.390 e. The van der Waals surface area contributed by atoms with Gasteiger partial charge in [-0.25, -0.2) is 4.39 Å². The summed E-state index contributed by atoms with van der Waals surface area (Å²) < 4.78 is 13.7. The van der Waals surface area contributed by atoms with Crippen LogP contribution in [0, 0.1) is 12.7 Å². The summed E-state index contributed by atoms with van der Waals surface area (Å²) in [5.41, 5.74) is 2.76. The molecule has 5 rings (SSSR count). The molecule has 7 heteroatoms. The number of carbonyl (C=O) groups excluding carboxylic acids is 1. The summed E-state index contributed by atoms with van der Waals surface area (Å²) in [5, 5.41) is 13.2. The number of nitrogens with zero attached hydrogens (tertiary/aromatic N) is 4. The average Bonchev–Trinajstić information content (AvgIpc) is 3.12. The number of halogens is 1. The fraction of sp³-hybridized carbons (Fsp3) is 0.433. The fourth-order valence-electron chi connectivity index (χ4n) is 6.16. The number of aliphatic hydroxyl groups excluding tert-OH is 1. The largest absolute Gasteiger partial charge is 0.390 e. The Morgan fingerprint density at radius 1 is 1.03 bits per heavy atom. The molecular formula is C30H37FN4O2. The topological polar surface area (TPSA) is 50.3 Å². The zero-order valence-electron chi connectivity index (χ0n) is 22.0. The molecule has 0 radical (unpaired) electrons. The fourth-order valence-corrected chi connectivity index (χ4v) is 6.16. The molecule has 2 aliphatic rings. The molecule has 0 bridgehead atoms. The molecule has 3 aromatic carbocycles. The summed E-state index contributed by atoms with van der Waals surface area (Å²) in [7, 11) is 3.82. The summed E-state index contributed by atoms with van der Waals surface area (Å²) >= 11 is 0. The Hall–Kier alpha value is -3.00. The van der Waals surface area contributed by atoms with Gasteiger partial charge in [0.1, 0.15) is 11.4 Å². The van der Waals surface area contributed by atoms with Gasteiger partial charge in [0.2, 0.25) is 5.91 Å². The summed E-state index contributed by atoms with van der Waals surface area (Å²) in [6.07, 6.45) is 0.749. The van der Waals surface area contributed by atoms with Gasteiger partial charge in [0, 0.05) is 38.4 Å². The molecule has 6 nitrogen and oxygen atoms in total. The van der Waals surface area contributed by atoms with E-state index in [2.05, 4.69) is 53.1 Å². The third-order valence-electron chi connectivity index (χ3n) is 7.94. The summed E-state index contributed by atoms with van der Waals surface area (Å²) in [5.74, 6) is -0.225. The molecule has 2 saturated heterocycles. The molecule has 1 amide bonds. The number of hydrogen-bond donors (Lipinski definition) is 1. The van der Waals surface area contributed by atoms with Crippen molar-refractivity contribution in [3.05, 3.63) is 77.6 Å². The molecule has 0 aliphatic carbocycles. The van der Waals surface area contributed by atoms with E-state index in [0.717, 1.165) is 25.3 Å². The molecule has 0 saturated carbocycles. The molecule has 2 fully saturated rings. The molecule has 37 heavy (non-hydrogen) atoms. The molecule has 0 aromatic heterocycles. The Labute approximate surface area is 218 Å². The summed E-state index contributed by atoms with van der Waals surface area (Å²) in [4.78, 5) is 22.2. The minimum absolute atomic E-state index is 0.0651. The molecule has 2 heterocycles. The normalized spacial score (nSPS) is 18.9. The number of likely N-dealkylation sites (tertiary alicyclic amines) is 1. The van der Waals surface area contributed by atoms with Crippen LogP contribution in [0.5, 0.6) is 0 Å². The van der Waals surface area contributed by atoms with Crippen molar-refractivity contribution in [1.82, 2.24) is 14.7 Å². The smallest absolute Gasteiger partial charge is 0.250 e. The van der Waals surface area contributed by atoms with E-state index in [0.29, 0.717) is 26.1 Å². The maximum Gasteiger partial charge on any atom is 0.250 e. The lowest BCUT2D eigenvalue weighted by atomic mass is 9.85. The molecule has 1 N–H and O–H groups in total. The van der Waals surface area contributed by atoms with Crippen LogP contribution in [0.1, 0.15) is 24.0 Å². The van der Waals surface area contributed by atoms with Crippen LogP contribution in [-0.4, -0.2) is 84.3 Å². The summed E-state index contributed by atoms with van der Waals surface area (Å²) in [6.45, 7) is 5.76. The number of aliphatic hydroxyl groups is 1. The van der Waals surface area contributed by atoms with Gasteiger partial charge < -0.3 is 19.8 Å². The van der Waals surface area contributed by atoms with E-state index in [9.17, 15) is 14.3 Å². The van der Waals surface area contributed by atoms with Gasteiger partial charge in [-0.05, 0) is 80.0 Å². The molecule has 1 atom stereocenters. The van der Waals surface area contributed by atoms with Crippen molar-refractivity contribution in [1.29, 1.82) is 0 Å². The number of β-amino-alcohol motifs (C(OH)–C–C–N with tert-alkyl or cyclic N) is 1. The van der Waals surface area contributed by atoms with Crippen LogP contribution in [0.2, 0.25) is 0 Å². The van der Waals surface area contributed by atoms with E-state index in [1.807, 2.05) is 19.0 Å². The first kappa shape index (κ1) is 25.6. The molecule has 1 spiro atoms. The van der Waals surface area contributed by atoms with Gasteiger partial charge in [0.05, 0.1) is 12.8 Å². The lowest BCUT2D eigenvalue weighted by molar-refractivity contribution is -0.134. The highest BCUT2D eigenvalue weighted by Gasteiger charge is 2.53. The number of fused-ring (bicyclic) bond motifs is 1. The first-order chi connectivity index (χ1) is 17.8. The maximum absolute atomic E-state index is 13.9. The highest BCUT2D eigenvalue weighted by atomic mass is 19.1. The van der Waals surface area contributed by atoms with Crippen molar-refractivity contribution >= 4 is 22.4 Å². The van der Waals surface area contributed by atoms with Gasteiger partial charge in [0.25, 0.3) is 0 Å². The Morgan fingerprint density at radius 2 is 1.70 bits per heavy atom. The van der Waals surface area contributed by atoms with Crippen molar-refractivity contribution in [2.45, 2.75) is 38.0 Å². The molecule has 196 valence electrons. The zero-order valence-corrected chi connectivity index (χ0v) is 22.0. The Kier molecular flexibility index (Phi) is 7.21. The van der Waals surface area contributed by atoms with E-state index in [1.165, 1.54) is 34.0 Å². The van der Waals surface area contributed by atoms with E-state index < -0.39 is 11.6 Å². The lowest BCUT2D eigenvalue weighted by Crippen LogP contribution is -2.56. The second-order valence-corrected chi connectivity index (χ2v) is 10.9. The first-order valence-corrected chi connectivity index (χ1v) is 13.1. The number of rotatable bonds is 7. The molecule has 2 aliphatic heterocycles. The number of anilines is 1. The van der Waals surface area contributed by atoms with Gasteiger partial charge >= 0.3 is 0 Å². The first-order valence-electron chi connectivity index (χ1n) is 13.1. The van der Waals surface area contributed by atoms with Gasteiger partial charge in [0.15, 0.2) is 0 Å². The lowest BCUT2D eigenvalue weighted by Gasteiger charge is -2.43. The van der Waals surface area contributed by atoms with Gasteiger partial charge in [-0.15, -0.1) is 0 Å². The SMILES string of the molecule is Cc1cccc2cccc(CN3CCC4(CC3)C(=O)N(C[C@@H](O)CN(C)C)CN4c3ccc(F)cc3)c12. The van der Waals surface area contributed by atoms with E-state index in [-0.39, 0.29) is 18.3 Å². The quantitative estimate of drug-likeness (QED) is 0.530. The van der Waals surface area contributed by atoms with Crippen molar-refractivity contribution < 1.29 is 14.3 Å². The van der Waals surface area contributed by atoms with Gasteiger partial charge in [-0.1, -0.05) is 36.4 Å². The van der Waals surface area contributed by atoms with Crippen molar-refractivity contribution in [3.63, 3.8) is 0 Å². The Balaban J connectivity index is 1.37. The summed E-state index contributed by atoms with van der Waals surface area (Å²) in [6, 6.07) is 19.3. The number of benzene rings is 3. The second kappa shape index (κ2) is 10.4. The number of aryl methyl sites for hydroxylation is 1. The standard InChI is InChI=1S/C30H37FN4O2/c1-22-6-4-7-23-8-5-9-24(28(22)23)18-33-16-14-30(15-17-33)29(37)34(20-27(36)19-32(2)3)21-35(30)26-12-10-25(31)11-13-26/h4-13,27,36H,14-21H2,1-3H3/t27-/m0/s1. The third kappa shape index (κ3) is 5.08. The van der Waals surface area contributed by atoms with E-state index >= 15 is 0 Å². The Bertz CT molecular complexity index is 1250. The maximum atomic E-state index is 13.9. The van der Waals surface area contributed by atoms with Crippen LogP contribution >= 0.6 is 0 Å². The zero-order chi connectivity index (χ0) is 26.2. The van der Waals surface area contributed by atoms with E-state index in [4.69, 9.17) is 0 Å². The molecular weight excluding hydrogens is 467 g/mol. The molecule has 3 aromatic rings. The average molecular weight is 505 g/mol. The van der Waals surface area contributed by atoms with Crippen LogP contribution in [0.15, 0.2) is 60.7 Å². The monoisotopic (exact) mass is 504 g/mol. The highest BCUT2D eigenvalue weighted by molar-refractivity contribution is 5.93. The van der Waals surface area contributed by atoms with Crippen molar-refractivity contribution in [3.8, 4) is 0 Å². The highest BCUT2D eigenvalue weighted by Crippen LogP contribution is 2.40. The predicted molar refractivity (Wildman–Crippen MR) is 146 cm³/mol. The van der Waals surface area contributed by atoms with E-state index in [1.54, 1.807) is 17.0 Å². The molecule has 0 unspecified atom stereocenters. The van der Waals surface area contributed by atoms with Crippen LogP contribution < -0.4 is 4.90 Å². The van der Waals surface area contributed by atoms with Crippen LogP contribution in [0.3, 0.4) is 0 Å². The predicted octanol–water partition coefficient (Wildman–Crippen LogP) is 3.85.